The standard InChI is InChI=1S/C17H20ClNO3S/c1-3-11-22-17-12-15(9-10-16(17)18)23(20,21)19-13(2)14-7-5-4-6-8-14/h4-10,12-13,19H,3,11H2,1-2H3/t13-/m0/s1. The molecule has 1 atom stereocenters. The van der Waals surface area contributed by atoms with Crippen LogP contribution in [0.1, 0.15) is 31.9 Å². The zero-order chi connectivity index (χ0) is 16.9. The maximum Gasteiger partial charge on any atom is 0.241 e. The Morgan fingerprint density at radius 1 is 1.17 bits per heavy atom. The van der Waals surface area contributed by atoms with Crippen molar-refractivity contribution >= 4 is 21.6 Å². The lowest BCUT2D eigenvalue weighted by Gasteiger charge is -2.15. The molecule has 0 heterocycles. The third-order valence-electron chi connectivity index (χ3n) is 3.31. The molecule has 0 radical (unpaired) electrons. The molecule has 0 fully saturated rings. The highest BCUT2D eigenvalue weighted by Crippen LogP contribution is 2.28. The molecule has 0 aliphatic carbocycles. The van der Waals surface area contributed by atoms with Crippen LogP contribution in [0.2, 0.25) is 5.02 Å². The van der Waals surface area contributed by atoms with Gasteiger partial charge in [-0.15, -0.1) is 0 Å². The zero-order valence-electron chi connectivity index (χ0n) is 13.1. The molecule has 2 aromatic carbocycles. The molecule has 1 N–H and O–H groups in total. The Bertz CT molecular complexity index is 748. The van der Waals surface area contributed by atoms with Gasteiger partial charge in [0.1, 0.15) is 5.75 Å². The molecule has 0 saturated heterocycles. The van der Waals surface area contributed by atoms with Crippen LogP contribution in [-0.2, 0) is 10.0 Å². The van der Waals surface area contributed by atoms with E-state index in [1.165, 1.54) is 18.2 Å². The van der Waals surface area contributed by atoms with Crippen molar-refractivity contribution in [2.45, 2.75) is 31.2 Å². The minimum Gasteiger partial charge on any atom is -0.492 e. The fraction of sp³-hybridized carbons (Fsp3) is 0.294. The van der Waals surface area contributed by atoms with Gasteiger partial charge in [0.05, 0.1) is 16.5 Å². The Morgan fingerprint density at radius 3 is 2.52 bits per heavy atom. The minimum atomic E-state index is -3.66. The van der Waals surface area contributed by atoms with E-state index >= 15 is 0 Å². The first-order chi connectivity index (χ1) is 10.9. The predicted octanol–water partition coefficient (Wildman–Crippen LogP) is 4.17. The van der Waals surface area contributed by atoms with E-state index in [0.29, 0.717) is 17.4 Å². The molecule has 2 aromatic rings. The van der Waals surface area contributed by atoms with Gasteiger partial charge < -0.3 is 4.74 Å². The van der Waals surface area contributed by atoms with Crippen LogP contribution in [0.3, 0.4) is 0 Å². The summed E-state index contributed by atoms with van der Waals surface area (Å²) in [7, 11) is -3.66. The Labute approximate surface area is 142 Å². The van der Waals surface area contributed by atoms with Crippen molar-refractivity contribution in [2.24, 2.45) is 0 Å². The Balaban J connectivity index is 2.22. The van der Waals surface area contributed by atoms with Crippen LogP contribution in [-0.4, -0.2) is 15.0 Å². The second-order valence-corrected chi connectivity index (χ2v) is 7.32. The molecule has 0 saturated carbocycles. The highest BCUT2D eigenvalue weighted by Gasteiger charge is 2.19. The minimum absolute atomic E-state index is 0.135. The molecule has 6 heteroatoms. The molecule has 4 nitrogen and oxygen atoms in total. The fourth-order valence-electron chi connectivity index (χ4n) is 2.08. The summed E-state index contributed by atoms with van der Waals surface area (Å²) in [5, 5.41) is 0.397. The third kappa shape index (κ3) is 4.70. The summed E-state index contributed by atoms with van der Waals surface area (Å²) in [5.74, 6) is 0.378. The summed E-state index contributed by atoms with van der Waals surface area (Å²) in [4.78, 5) is 0.135. The van der Waals surface area contributed by atoms with Crippen LogP contribution in [0, 0.1) is 0 Å². The monoisotopic (exact) mass is 353 g/mol. The highest BCUT2D eigenvalue weighted by molar-refractivity contribution is 7.89. The van der Waals surface area contributed by atoms with Gasteiger partial charge in [-0.2, -0.15) is 0 Å². The largest absolute Gasteiger partial charge is 0.492 e. The van der Waals surface area contributed by atoms with Gasteiger partial charge in [0.25, 0.3) is 0 Å². The van der Waals surface area contributed by atoms with Crippen LogP contribution in [0.15, 0.2) is 53.4 Å². The number of halogens is 1. The smallest absolute Gasteiger partial charge is 0.241 e. The maximum absolute atomic E-state index is 12.5. The number of ether oxygens (including phenoxy) is 1. The number of hydrogen-bond donors (Lipinski definition) is 1. The molecule has 23 heavy (non-hydrogen) atoms. The van der Waals surface area contributed by atoms with E-state index in [-0.39, 0.29) is 10.9 Å². The van der Waals surface area contributed by atoms with Crippen LogP contribution in [0.25, 0.3) is 0 Å². The quantitative estimate of drug-likeness (QED) is 0.812. The zero-order valence-corrected chi connectivity index (χ0v) is 14.7. The van der Waals surface area contributed by atoms with Gasteiger partial charge in [0.15, 0.2) is 0 Å². The molecule has 0 spiro atoms. The second-order valence-electron chi connectivity index (χ2n) is 5.19. The van der Waals surface area contributed by atoms with Crippen molar-refractivity contribution in [3.8, 4) is 5.75 Å². The van der Waals surface area contributed by atoms with E-state index in [9.17, 15) is 8.42 Å². The van der Waals surface area contributed by atoms with Gasteiger partial charge in [-0.25, -0.2) is 13.1 Å². The van der Waals surface area contributed by atoms with E-state index in [1.807, 2.05) is 37.3 Å². The van der Waals surface area contributed by atoms with Crippen molar-refractivity contribution in [2.75, 3.05) is 6.61 Å². The summed E-state index contributed by atoms with van der Waals surface area (Å²) in [6.07, 6.45) is 0.816. The molecule has 0 aliphatic rings. The van der Waals surface area contributed by atoms with E-state index in [1.54, 1.807) is 6.92 Å². The maximum atomic E-state index is 12.5. The number of nitrogens with one attached hydrogen (secondary N) is 1. The summed E-state index contributed by atoms with van der Waals surface area (Å²) >= 11 is 6.04. The first-order valence-electron chi connectivity index (χ1n) is 7.43. The number of sulfonamides is 1. The second kappa shape index (κ2) is 7.81. The molecule has 0 aliphatic heterocycles. The molecular formula is C17H20ClNO3S. The van der Waals surface area contributed by atoms with Crippen molar-refractivity contribution in [3.63, 3.8) is 0 Å². The first kappa shape index (κ1) is 17.8. The average molecular weight is 354 g/mol. The van der Waals surface area contributed by atoms with E-state index < -0.39 is 10.0 Å². The van der Waals surface area contributed by atoms with Crippen molar-refractivity contribution in [3.05, 3.63) is 59.1 Å². The first-order valence-corrected chi connectivity index (χ1v) is 9.30. The van der Waals surface area contributed by atoms with Gasteiger partial charge in [-0.1, -0.05) is 48.9 Å². The Hall–Kier alpha value is -1.56. The van der Waals surface area contributed by atoms with Gasteiger partial charge in [-0.05, 0) is 31.0 Å². The normalized spacial score (nSPS) is 12.8. The lowest BCUT2D eigenvalue weighted by molar-refractivity contribution is 0.317. The Morgan fingerprint density at radius 2 is 1.87 bits per heavy atom. The molecular weight excluding hydrogens is 334 g/mol. The lowest BCUT2D eigenvalue weighted by Crippen LogP contribution is -2.26. The molecule has 0 amide bonds. The lowest BCUT2D eigenvalue weighted by atomic mass is 10.1. The summed E-state index contributed by atoms with van der Waals surface area (Å²) < 4.78 is 33.2. The van der Waals surface area contributed by atoms with E-state index in [4.69, 9.17) is 16.3 Å². The molecule has 0 unspecified atom stereocenters. The van der Waals surface area contributed by atoms with Crippen molar-refractivity contribution in [1.29, 1.82) is 0 Å². The van der Waals surface area contributed by atoms with Crippen LogP contribution in [0.4, 0.5) is 0 Å². The van der Waals surface area contributed by atoms with Crippen LogP contribution < -0.4 is 9.46 Å². The third-order valence-corrected chi connectivity index (χ3v) is 5.16. The number of hydrogen-bond acceptors (Lipinski definition) is 3. The summed E-state index contributed by atoms with van der Waals surface area (Å²) in [5.41, 5.74) is 0.896. The molecule has 0 aromatic heterocycles. The predicted molar refractivity (Wildman–Crippen MR) is 92.4 cm³/mol. The van der Waals surface area contributed by atoms with Gasteiger partial charge in [0, 0.05) is 12.1 Å². The highest BCUT2D eigenvalue weighted by atomic mass is 35.5. The summed E-state index contributed by atoms with van der Waals surface area (Å²) in [6, 6.07) is 13.5. The van der Waals surface area contributed by atoms with Gasteiger partial charge >= 0.3 is 0 Å². The van der Waals surface area contributed by atoms with Crippen molar-refractivity contribution in [1.82, 2.24) is 4.72 Å². The molecule has 2 rings (SSSR count). The number of benzene rings is 2. The van der Waals surface area contributed by atoms with Crippen LogP contribution in [0.5, 0.6) is 5.75 Å². The van der Waals surface area contributed by atoms with Crippen molar-refractivity contribution < 1.29 is 13.2 Å². The van der Waals surface area contributed by atoms with Crippen LogP contribution >= 0.6 is 11.6 Å². The average Bonchev–Trinajstić information content (AvgIpc) is 2.54. The summed E-state index contributed by atoms with van der Waals surface area (Å²) in [6.45, 7) is 4.26. The Kier molecular flexibility index (Phi) is 6.04. The van der Waals surface area contributed by atoms with Gasteiger partial charge in [0.2, 0.25) is 10.0 Å². The van der Waals surface area contributed by atoms with E-state index in [0.717, 1.165) is 12.0 Å². The number of rotatable bonds is 7. The molecule has 124 valence electrons. The van der Waals surface area contributed by atoms with E-state index in [2.05, 4.69) is 4.72 Å². The fourth-order valence-corrected chi connectivity index (χ4v) is 3.50. The SMILES string of the molecule is CCCOc1cc(S(=O)(=O)N[C@@H](C)c2ccccc2)ccc1Cl. The topological polar surface area (TPSA) is 55.4 Å². The van der Waals surface area contributed by atoms with Gasteiger partial charge in [-0.3, -0.25) is 0 Å². The molecule has 0 bridgehead atoms.